The first-order valence-electron chi connectivity index (χ1n) is 4.60. The molecule has 0 aliphatic rings. The van der Waals surface area contributed by atoms with Crippen LogP contribution in [0.4, 0.5) is 5.69 Å². The van der Waals surface area contributed by atoms with Gasteiger partial charge in [0.15, 0.2) is 0 Å². The van der Waals surface area contributed by atoms with Crippen molar-refractivity contribution in [3.63, 3.8) is 0 Å². The van der Waals surface area contributed by atoms with Gasteiger partial charge in [-0.3, -0.25) is 10.1 Å². The zero-order chi connectivity index (χ0) is 12.1. The van der Waals surface area contributed by atoms with E-state index in [0.717, 1.165) is 6.07 Å². The number of aliphatic hydroxyl groups is 1. The molecule has 0 aromatic heterocycles. The number of esters is 1. The second-order valence-corrected chi connectivity index (χ2v) is 3.25. The second-order valence-electron chi connectivity index (χ2n) is 3.25. The first-order valence-corrected chi connectivity index (χ1v) is 4.60. The maximum absolute atomic E-state index is 11.4. The van der Waals surface area contributed by atoms with E-state index in [1.807, 2.05) is 0 Å². The molecule has 0 saturated carbocycles. The van der Waals surface area contributed by atoms with E-state index in [2.05, 4.69) is 0 Å². The van der Waals surface area contributed by atoms with E-state index in [4.69, 9.17) is 9.84 Å². The average molecular weight is 225 g/mol. The lowest BCUT2D eigenvalue weighted by Gasteiger charge is -2.06. The van der Waals surface area contributed by atoms with E-state index in [0.29, 0.717) is 0 Å². The van der Waals surface area contributed by atoms with Crippen molar-refractivity contribution in [2.24, 2.45) is 0 Å². The fraction of sp³-hybridized carbons (Fsp3) is 0.300. The van der Waals surface area contributed by atoms with Gasteiger partial charge in [-0.1, -0.05) is 6.07 Å². The second kappa shape index (κ2) is 5.22. The van der Waals surface area contributed by atoms with Crippen LogP contribution in [0.5, 0.6) is 0 Å². The standard InChI is InChI=1S/C10H11NO5/c1-7(12)6-16-10(13)8-3-2-4-9(5-8)11(14)15/h2-5,7,12H,6H2,1H3. The fourth-order valence-corrected chi connectivity index (χ4v) is 1.03. The number of nitrogens with zero attached hydrogens (tertiary/aromatic N) is 1. The first-order chi connectivity index (χ1) is 7.50. The summed E-state index contributed by atoms with van der Waals surface area (Å²) in [6.45, 7) is 1.34. The van der Waals surface area contributed by atoms with Gasteiger partial charge in [-0.05, 0) is 13.0 Å². The van der Waals surface area contributed by atoms with Crippen LogP contribution < -0.4 is 0 Å². The molecule has 0 fully saturated rings. The van der Waals surface area contributed by atoms with E-state index in [1.54, 1.807) is 0 Å². The molecule has 6 nitrogen and oxygen atoms in total. The molecular weight excluding hydrogens is 214 g/mol. The summed E-state index contributed by atoms with van der Waals surface area (Å²) in [6.07, 6.45) is -0.761. The monoisotopic (exact) mass is 225 g/mol. The minimum Gasteiger partial charge on any atom is -0.459 e. The number of non-ortho nitro benzene ring substituents is 1. The van der Waals surface area contributed by atoms with Gasteiger partial charge in [-0.2, -0.15) is 0 Å². The Morgan fingerprint density at radius 3 is 2.88 bits per heavy atom. The molecule has 0 aliphatic carbocycles. The molecule has 0 saturated heterocycles. The smallest absolute Gasteiger partial charge is 0.338 e. The Balaban J connectivity index is 2.76. The highest BCUT2D eigenvalue weighted by molar-refractivity contribution is 5.90. The summed E-state index contributed by atoms with van der Waals surface area (Å²) in [7, 11) is 0. The van der Waals surface area contributed by atoms with Crippen molar-refractivity contribution >= 4 is 11.7 Å². The number of aliphatic hydroxyl groups excluding tert-OH is 1. The molecule has 1 N–H and O–H groups in total. The molecule has 1 aromatic rings. The summed E-state index contributed by atoms with van der Waals surface area (Å²) in [5, 5.41) is 19.4. The maximum atomic E-state index is 11.4. The van der Waals surface area contributed by atoms with Gasteiger partial charge in [0.2, 0.25) is 0 Å². The number of nitro groups is 1. The van der Waals surface area contributed by atoms with Crippen molar-refractivity contribution in [3.8, 4) is 0 Å². The van der Waals surface area contributed by atoms with Crippen LogP contribution in [-0.4, -0.2) is 28.7 Å². The molecule has 6 heteroatoms. The third-order valence-electron chi connectivity index (χ3n) is 1.75. The van der Waals surface area contributed by atoms with Crippen molar-refractivity contribution in [1.82, 2.24) is 0 Å². The average Bonchev–Trinajstić information content (AvgIpc) is 2.26. The number of benzene rings is 1. The van der Waals surface area contributed by atoms with Crippen LogP contribution in [0, 0.1) is 10.1 Å². The van der Waals surface area contributed by atoms with Crippen LogP contribution in [0.15, 0.2) is 24.3 Å². The number of hydrogen-bond donors (Lipinski definition) is 1. The summed E-state index contributed by atoms with van der Waals surface area (Å²) in [5.74, 6) is -0.690. The number of rotatable bonds is 4. The normalized spacial score (nSPS) is 11.9. The summed E-state index contributed by atoms with van der Waals surface area (Å²) in [4.78, 5) is 21.2. The predicted octanol–water partition coefficient (Wildman–Crippen LogP) is 1.13. The molecule has 86 valence electrons. The van der Waals surface area contributed by atoms with Crippen LogP contribution >= 0.6 is 0 Å². The highest BCUT2D eigenvalue weighted by Gasteiger charge is 2.12. The Hall–Kier alpha value is -1.95. The summed E-state index contributed by atoms with van der Waals surface area (Å²) >= 11 is 0. The lowest BCUT2D eigenvalue weighted by atomic mass is 10.2. The van der Waals surface area contributed by atoms with Gasteiger partial charge in [0, 0.05) is 12.1 Å². The highest BCUT2D eigenvalue weighted by Crippen LogP contribution is 2.13. The third-order valence-corrected chi connectivity index (χ3v) is 1.75. The minimum atomic E-state index is -0.761. The maximum Gasteiger partial charge on any atom is 0.338 e. The van der Waals surface area contributed by atoms with Crippen molar-refractivity contribution in [3.05, 3.63) is 39.9 Å². The van der Waals surface area contributed by atoms with Crippen molar-refractivity contribution in [2.75, 3.05) is 6.61 Å². The molecule has 1 unspecified atom stereocenters. The van der Waals surface area contributed by atoms with Crippen molar-refractivity contribution in [1.29, 1.82) is 0 Å². The van der Waals surface area contributed by atoms with Gasteiger partial charge in [-0.25, -0.2) is 4.79 Å². The Labute approximate surface area is 91.6 Å². The molecule has 1 atom stereocenters. The Morgan fingerprint density at radius 2 is 2.31 bits per heavy atom. The van der Waals surface area contributed by atoms with Crippen LogP contribution in [0.3, 0.4) is 0 Å². The van der Waals surface area contributed by atoms with E-state index in [-0.39, 0.29) is 17.9 Å². The SMILES string of the molecule is CC(O)COC(=O)c1cccc([N+](=O)[O-])c1. The van der Waals surface area contributed by atoms with Gasteiger partial charge >= 0.3 is 5.97 Å². The number of carbonyl (C=O) groups excluding carboxylic acids is 1. The van der Waals surface area contributed by atoms with E-state index < -0.39 is 17.0 Å². The Kier molecular flexibility index (Phi) is 3.96. The number of carbonyl (C=O) groups is 1. The van der Waals surface area contributed by atoms with Crippen LogP contribution in [0.2, 0.25) is 0 Å². The molecule has 0 heterocycles. The van der Waals surface area contributed by atoms with Crippen molar-refractivity contribution in [2.45, 2.75) is 13.0 Å². The zero-order valence-electron chi connectivity index (χ0n) is 8.62. The summed E-state index contributed by atoms with van der Waals surface area (Å²) in [6, 6.07) is 5.23. The van der Waals surface area contributed by atoms with Crippen LogP contribution in [-0.2, 0) is 4.74 Å². The highest BCUT2D eigenvalue weighted by atomic mass is 16.6. The van der Waals surface area contributed by atoms with E-state index >= 15 is 0 Å². The van der Waals surface area contributed by atoms with Crippen LogP contribution in [0.25, 0.3) is 0 Å². The first kappa shape index (κ1) is 12.1. The van der Waals surface area contributed by atoms with E-state index in [1.165, 1.54) is 25.1 Å². The quantitative estimate of drug-likeness (QED) is 0.471. The molecule has 1 aromatic carbocycles. The third kappa shape index (κ3) is 3.32. The Morgan fingerprint density at radius 1 is 1.62 bits per heavy atom. The largest absolute Gasteiger partial charge is 0.459 e. The minimum absolute atomic E-state index is 0.0925. The molecule has 0 amide bonds. The molecule has 0 radical (unpaired) electrons. The molecule has 16 heavy (non-hydrogen) atoms. The van der Waals surface area contributed by atoms with Crippen molar-refractivity contribution < 1.29 is 19.6 Å². The number of hydrogen-bond acceptors (Lipinski definition) is 5. The zero-order valence-corrected chi connectivity index (χ0v) is 8.62. The van der Waals surface area contributed by atoms with Crippen LogP contribution in [0.1, 0.15) is 17.3 Å². The van der Waals surface area contributed by atoms with Gasteiger partial charge in [0.1, 0.15) is 6.61 Å². The van der Waals surface area contributed by atoms with Gasteiger partial charge in [-0.15, -0.1) is 0 Å². The number of nitro benzene ring substituents is 1. The fourth-order valence-electron chi connectivity index (χ4n) is 1.03. The summed E-state index contributed by atoms with van der Waals surface area (Å²) in [5.41, 5.74) is -0.0821. The molecular formula is C10H11NO5. The molecule has 0 spiro atoms. The van der Waals surface area contributed by atoms with Gasteiger partial charge in [0.25, 0.3) is 5.69 Å². The van der Waals surface area contributed by atoms with Gasteiger partial charge < -0.3 is 9.84 Å². The predicted molar refractivity (Wildman–Crippen MR) is 55.1 cm³/mol. The molecule has 1 rings (SSSR count). The van der Waals surface area contributed by atoms with E-state index in [9.17, 15) is 14.9 Å². The van der Waals surface area contributed by atoms with Gasteiger partial charge in [0.05, 0.1) is 16.6 Å². The molecule has 0 bridgehead atoms. The lowest BCUT2D eigenvalue weighted by Crippen LogP contribution is -2.15. The topological polar surface area (TPSA) is 89.7 Å². The Bertz CT molecular complexity index is 402. The summed E-state index contributed by atoms with van der Waals surface area (Å²) < 4.78 is 4.71. The molecule has 0 aliphatic heterocycles. The number of ether oxygens (including phenoxy) is 1. The lowest BCUT2D eigenvalue weighted by molar-refractivity contribution is -0.384.